The molecule has 0 radical (unpaired) electrons. The van der Waals surface area contributed by atoms with Crippen LogP contribution in [0.5, 0.6) is 0 Å². The molecular weight excluding hydrogens is 352 g/mol. The first kappa shape index (κ1) is 16.9. The van der Waals surface area contributed by atoms with Gasteiger partial charge >= 0.3 is 0 Å². The van der Waals surface area contributed by atoms with Crippen LogP contribution in [0, 0.1) is 10.1 Å². The van der Waals surface area contributed by atoms with Crippen molar-refractivity contribution in [1.82, 2.24) is 4.98 Å². The summed E-state index contributed by atoms with van der Waals surface area (Å²) in [6, 6.07) is 6.11. The molecule has 2 aromatic rings. The molecule has 26 heavy (non-hydrogen) atoms. The van der Waals surface area contributed by atoms with E-state index in [1.165, 1.54) is 37.8 Å². The number of thiazole rings is 1. The summed E-state index contributed by atoms with van der Waals surface area (Å²) < 4.78 is 0. The standard InChI is InChI=1S/C17H20N6O2S/c24-23(25)14-7-5-13(6-8-14)19-20-16-15(21-9-1-2-10-21)18-17(26-16)22-11-3-4-12-22/h5-8H,1-4,9-12H2. The summed E-state index contributed by atoms with van der Waals surface area (Å²) in [6.45, 7) is 4.10. The third kappa shape index (κ3) is 3.52. The van der Waals surface area contributed by atoms with E-state index < -0.39 is 4.92 Å². The minimum atomic E-state index is -0.419. The lowest BCUT2D eigenvalue weighted by molar-refractivity contribution is -0.384. The fourth-order valence-electron chi connectivity index (χ4n) is 3.28. The highest BCUT2D eigenvalue weighted by Crippen LogP contribution is 2.42. The maximum Gasteiger partial charge on any atom is 0.269 e. The molecule has 0 bridgehead atoms. The van der Waals surface area contributed by atoms with Crippen molar-refractivity contribution in [2.75, 3.05) is 36.0 Å². The van der Waals surface area contributed by atoms with Gasteiger partial charge in [0.25, 0.3) is 5.69 Å². The van der Waals surface area contributed by atoms with Crippen molar-refractivity contribution < 1.29 is 4.92 Å². The second kappa shape index (κ2) is 7.36. The summed E-state index contributed by atoms with van der Waals surface area (Å²) in [7, 11) is 0. The van der Waals surface area contributed by atoms with Gasteiger partial charge < -0.3 is 9.80 Å². The highest BCUT2D eigenvalue weighted by Gasteiger charge is 2.24. The Morgan fingerprint density at radius 1 is 0.962 bits per heavy atom. The second-order valence-electron chi connectivity index (χ2n) is 6.49. The molecule has 9 heteroatoms. The fourth-order valence-corrected chi connectivity index (χ4v) is 4.25. The number of nitro groups is 1. The minimum absolute atomic E-state index is 0.0517. The number of aromatic nitrogens is 1. The van der Waals surface area contributed by atoms with Crippen molar-refractivity contribution in [3.63, 3.8) is 0 Å². The molecule has 2 saturated heterocycles. The fraction of sp³-hybridized carbons (Fsp3) is 0.471. The average molecular weight is 372 g/mol. The van der Waals surface area contributed by atoms with Gasteiger partial charge in [-0.25, -0.2) is 4.98 Å². The van der Waals surface area contributed by atoms with Crippen molar-refractivity contribution in [3.05, 3.63) is 34.4 Å². The molecule has 136 valence electrons. The first-order valence-corrected chi connectivity index (χ1v) is 9.69. The Morgan fingerprint density at radius 2 is 1.58 bits per heavy atom. The Morgan fingerprint density at radius 3 is 2.19 bits per heavy atom. The smallest absolute Gasteiger partial charge is 0.269 e. The maximum atomic E-state index is 10.7. The van der Waals surface area contributed by atoms with Crippen molar-refractivity contribution in [2.45, 2.75) is 25.7 Å². The van der Waals surface area contributed by atoms with Crippen molar-refractivity contribution in [2.24, 2.45) is 10.2 Å². The van der Waals surface area contributed by atoms with Crippen LogP contribution >= 0.6 is 11.3 Å². The van der Waals surface area contributed by atoms with E-state index in [0.717, 1.165) is 42.1 Å². The molecule has 0 amide bonds. The Kier molecular flexibility index (Phi) is 4.79. The summed E-state index contributed by atoms with van der Waals surface area (Å²) >= 11 is 1.58. The Bertz CT molecular complexity index is 807. The quantitative estimate of drug-likeness (QED) is 0.432. The number of anilines is 2. The van der Waals surface area contributed by atoms with Gasteiger partial charge in [0.05, 0.1) is 10.6 Å². The normalized spacial score (nSPS) is 17.5. The minimum Gasteiger partial charge on any atom is -0.354 e. The molecule has 0 aliphatic carbocycles. The van der Waals surface area contributed by atoms with E-state index >= 15 is 0 Å². The molecule has 2 aliphatic rings. The number of benzene rings is 1. The first-order valence-electron chi connectivity index (χ1n) is 8.87. The van der Waals surface area contributed by atoms with Crippen molar-refractivity contribution in [3.8, 4) is 0 Å². The van der Waals surface area contributed by atoms with E-state index in [4.69, 9.17) is 4.98 Å². The van der Waals surface area contributed by atoms with E-state index in [1.807, 2.05) is 0 Å². The monoisotopic (exact) mass is 372 g/mol. The van der Waals surface area contributed by atoms with Gasteiger partial charge in [-0.3, -0.25) is 10.1 Å². The van der Waals surface area contributed by atoms with E-state index in [1.54, 1.807) is 23.5 Å². The molecule has 0 saturated carbocycles. The van der Waals surface area contributed by atoms with E-state index in [9.17, 15) is 10.1 Å². The SMILES string of the molecule is O=[N+]([O-])c1ccc(N=Nc2sc(N3CCCC3)nc2N2CCCC2)cc1. The highest BCUT2D eigenvalue weighted by molar-refractivity contribution is 7.19. The molecule has 2 aliphatic heterocycles. The number of hydrogen-bond acceptors (Lipinski definition) is 8. The number of nitrogens with zero attached hydrogens (tertiary/aromatic N) is 6. The van der Waals surface area contributed by atoms with Crippen molar-refractivity contribution in [1.29, 1.82) is 0 Å². The molecular formula is C17H20N6O2S. The average Bonchev–Trinajstić information content (AvgIpc) is 3.40. The van der Waals surface area contributed by atoms with Crippen LogP contribution in [-0.4, -0.2) is 36.1 Å². The van der Waals surface area contributed by atoms with Gasteiger partial charge in [0.15, 0.2) is 16.0 Å². The Labute approximate surface area is 155 Å². The first-order chi connectivity index (χ1) is 12.7. The Hall–Kier alpha value is -2.55. The lowest BCUT2D eigenvalue weighted by Gasteiger charge is -2.15. The summed E-state index contributed by atoms with van der Waals surface area (Å²) in [6.07, 6.45) is 4.77. The zero-order chi connectivity index (χ0) is 17.9. The second-order valence-corrected chi connectivity index (χ2v) is 7.44. The number of rotatable bonds is 5. The van der Waals surface area contributed by atoms with Crippen LogP contribution < -0.4 is 9.80 Å². The number of nitro benzene ring substituents is 1. The van der Waals surface area contributed by atoms with Gasteiger partial charge in [0.2, 0.25) is 0 Å². The zero-order valence-electron chi connectivity index (χ0n) is 14.4. The summed E-state index contributed by atoms with van der Waals surface area (Å²) in [5.41, 5.74) is 0.648. The van der Waals surface area contributed by atoms with E-state index in [0.29, 0.717) is 5.69 Å². The number of azo groups is 1. The molecule has 0 N–H and O–H groups in total. The molecule has 1 aromatic carbocycles. The van der Waals surface area contributed by atoms with Crippen LogP contribution in [0.4, 0.5) is 27.3 Å². The molecule has 0 spiro atoms. The van der Waals surface area contributed by atoms with Gasteiger partial charge in [-0.05, 0) is 37.8 Å². The van der Waals surface area contributed by atoms with Gasteiger partial charge in [-0.15, -0.1) is 10.2 Å². The molecule has 0 unspecified atom stereocenters. The van der Waals surface area contributed by atoms with Crippen molar-refractivity contribution >= 4 is 38.7 Å². The zero-order valence-corrected chi connectivity index (χ0v) is 15.2. The van der Waals surface area contributed by atoms with E-state index in [-0.39, 0.29) is 5.69 Å². The van der Waals surface area contributed by atoms with Crippen LogP contribution in [0.1, 0.15) is 25.7 Å². The van der Waals surface area contributed by atoms with Crippen LogP contribution in [0.25, 0.3) is 0 Å². The third-order valence-corrected chi connectivity index (χ3v) is 5.67. The maximum absolute atomic E-state index is 10.7. The molecule has 3 heterocycles. The van der Waals surface area contributed by atoms with Gasteiger partial charge in [0.1, 0.15) is 0 Å². The van der Waals surface area contributed by atoms with Crippen LogP contribution in [0.2, 0.25) is 0 Å². The lowest BCUT2D eigenvalue weighted by atomic mass is 10.3. The largest absolute Gasteiger partial charge is 0.354 e. The molecule has 8 nitrogen and oxygen atoms in total. The van der Waals surface area contributed by atoms with Gasteiger partial charge in [0, 0.05) is 38.3 Å². The van der Waals surface area contributed by atoms with Gasteiger partial charge in [-0.2, -0.15) is 0 Å². The highest BCUT2D eigenvalue weighted by atomic mass is 32.1. The molecule has 4 rings (SSSR count). The molecule has 0 atom stereocenters. The van der Waals surface area contributed by atoms with Crippen LogP contribution in [-0.2, 0) is 0 Å². The topological polar surface area (TPSA) is 87.2 Å². The lowest BCUT2D eigenvalue weighted by Crippen LogP contribution is -2.20. The third-order valence-electron chi connectivity index (χ3n) is 4.68. The predicted octanol–water partition coefficient (Wildman–Crippen LogP) is 4.67. The number of hydrogen-bond donors (Lipinski definition) is 0. The van der Waals surface area contributed by atoms with E-state index in [2.05, 4.69) is 20.0 Å². The Balaban J connectivity index is 1.60. The summed E-state index contributed by atoms with van der Waals surface area (Å²) in [4.78, 5) is 19.8. The predicted molar refractivity (Wildman–Crippen MR) is 102 cm³/mol. The van der Waals surface area contributed by atoms with Crippen LogP contribution in [0.15, 0.2) is 34.5 Å². The molecule has 1 aromatic heterocycles. The van der Waals surface area contributed by atoms with Crippen LogP contribution in [0.3, 0.4) is 0 Å². The summed E-state index contributed by atoms with van der Waals surface area (Å²) in [5.74, 6) is 0.917. The van der Waals surface area contributed by atoms with Gasteiger partial charge in [-0.1, -0.05) is 11.3 Å². The number of non-ortho nitro benzene ring substituents is 1. The molecule has 2 fully saturated rings. The summed E-state index contributed by atoms with van der Waals surface area (Å²) in [5, 5.41) is 21.3.